The summed E-state index contributed by atoms with van der Waals surface area (Å²) in [6, 6.07) is 7.21. The van der Waals surface area contributed by atoms with Gasteiger partial charge in [-0.15, -0.1) is 24.0 Å². The summed E-state index contributed by atoms with van der Waals surface area (Å²) in [4.78, 5) is 6.65. The Labute approximate surface area is 170 Å². The minimum atomic E-state index is -2.47. The molecule has 0 bridgehead atoms. The molecule has 8 heteroatoms. The summed E-state index contributed by atoms with van der Waals surface area (Å²) in [6.07, 6.45) is -0.225. The molecule has 0 saturated carbocycles. The summed E-state index contributed by atoms with van der Waals surface area (Å²) in [5.41, 5.74) is 1.24. The number of alkyl halides is 2. The lowest BCUT2D eigenvalue weighted by atomic mass is 9.87. The monoisotopic (exact) mass is 481 g/mol. The van der Waals surface area contributed by atoms with Gasteiger partial charge in [0.1, 0.15) is 12.4 Å². The highest BCUT2D eigenvalue weighted by molar-refractivity contribution is 14.0. The van der Waals surface area contributed by atoms with E-state index in [0.29, 0.717) is 12.3 Å². The lowest BCUT2D eigenvalue weighted by Crippen LogP contribution is -2.41. The van der Waals surface area contributed by atoms with Gasteiger partial charge >= 0.3 is 0 Å². The Morgan fingerprint density at radius 2 is 2.27 bits per heavy atom. The van der Waals surface area contributed by atoms with E-state index >= 15 is 0 Å². The van der Waals surface area contributed by atoms with E-state index in [1.54, 1.807) is 25.2 Å². The fraction of sp³-hybridized carbons (Fsp3) is 0.611. The van der Waals surface area contributed by atoms with Crippen LogP contribution in [0.25, 0.3) is 0 Å². The molecule has 2 fully saturated rings. The smallest absolute Gasteiger partial charge is 0.272 e. The number of guanidine groups is 1. The van der Waals surface area contributed by atoms with Crippen LogP contribution in [0.3, 0.4) is 0 Å². The molecule has 1 unspecified atom stereocenters. The minimum absolute atomic E-state index is 0. The molecule has 2 aliphatic heterocycles. The molecule has 1 aromatic rings. The Morgan fingerprint density at radius 1 is 1.42 bits per heavy atom. The molecule has 1 spiro atoms. The largest absolute Gasteiger partial charge is 0.488 e. The summed E-state index contributed by atoms with van der Waals surface area (Å²) in [5.74, 6) is 1.32. The van der Waals surface area contributed by atoms with Crippen molar-refractivity contribution in [2.24, 2.45) is 10.4 Å². The van der Waals surface area contributed by atoms with Gasteiger partial charge in [0.15, 0.2) is 5.96 Å². The molecule has 0 radical (unpaired) electrons. The third-order valence-electron chi connectivity index (χ3n) is 4.86. The molecule has 0 aliphatic carbocycles. The summed E-state index contributed by atoms with van der Waals surface area (Å²) in [5, 5.41) is 3.36. The number of nitrogens with one attached hydrogen (secondary N) is 1. The number of rotatable bonds is 5. The number of aliphatic imine (C=N–C) groups is 1. The standard InChI is InChI=1S/C18H25F2N3O2.HI/c1-21-17(23-7-5-18(12-23)6-8-24-13-18)22-10-14-3-2-4-15(9-14)25-11-16(19)20;/h2-4,9,16H,5-8,10-13H2,1H3,(H,21,22);1H. The second-order valence-electron chi connectivity index (χ2n) is 6.72. The Balaban J connectivity index is 0.00000243. The van der Waals surface area contributed by atoms with Gasteiger partial charge in [-0.2, -0.15) is 0 Å². The fourth-order valence-electron chi connectivity index (χ4n) is 3.51. The van der Waals surface area contributed by atoms with Crippen molar-refractivity contribution in [3.63, 3.8) is 0 Å². The van der Waals surface area contributed by atoms with Crippen molar-refractivity contribution in [3.8, 4) is 5.75 Å². The molecular weight excluding hydrogens is 455 g/mol. The summed E-state index contributed by atoms with van der Waals surface area (Å²) < 4.78 is 35.1. The summed E-state index contributed by atoms with van der Waals surface area (Å²) >= 11 is 0. The number of halogens is 3. The number of nitrogens with zero attached hydrogens (tertiary/aromatic N) is 2. The van der Waals surface area contributed by atoms with Crippen LogP contribution in [0.1, 0.15) is 18.4 Å². The van der Waals surface area contributed by atoms with Crippen LogP contribution in [0, 0.1) is 5.41 Å². The van der Waals surface area contributed by atoms with Crippen molar-refractivity contribution >= 4 is 29.9 Å². The molecule has 3 rings (SSSR count). The van der Waals surface area contributed by atoms with E-state index in [2.05, 4.69) is 15.2 Å². The number of benzene rings is 1. The van der Waals surface area contributed by atoms with Crippen LogP contribution in [-0.2, 0) is 11.3 Å². The second-order valence-corrected chi connectivity index (χ2v) is 6.72. The average molecular weight is 481 g/mol. The van der Waals surface area contributed by atoms with Gasteiger partial charge in [-0.25, -0.2) is 8.78 Å². The van der Waals surface area contributed by atoms with Crippen LogP contribution in [-0.4, -0.2) is 57.2 Å². The first-order valence-electron chi connectivity index (χ1n) is 8.63. The van der Waals surface area contributed by atoms with Gasteiger partial charge in [-0.1, -0.05) is 12.1 Å². The summed E-state index contributed by atoms with van der Waals surface area (Å²) in [6.45, 7) is 3.61. The molecule has 0 aromatic heterocycles. The predicted octanol–water partition coefficient (Wildman–Crippen LogP) is 3.14. The minimum Gasteiger partial charge on any atom is -0.488 e. The molecule has 1 aromatic carbocycles. The number of ether oxygens (including phenoxy) is 2. The molecule has 2 heterocycles. The van der Waals surface area contributed by atoms with Crippen molar-refractivity contribution in [2.45, 2.75) is 25.8 Å². The summed E-state index contributed by atoms with van der Waals surface area (Å²) in [7, 11) is 1.78. The van der Waals surface area contributed by atoms with E-state index in [9.17, 15) is 8.78 Å². The van der Waals surface area contributed by atoms with Crippen LogP contribution in [0.5, 0.6) is 5.75 Å². The molecular formula is C18H26F2IN3O2. The van der Waals surface area contributed by atoms with E-state index in [4.69, 9.17) is 9.47 Å². The zero-order chi connectivity index (χ0) is 17.7. The van der Waals surface area contributed by atoms with Crippen LogP contribution in [0.4, 0.5) is 8.78 Å². The molecule has 2 aliphatic rings. The Kier molecular flexibility index (Phi) is 7.87. The van der Waals surface area contributed by atoms with Gasteiger partial charge < -0.3 is 19.7 Å². The quantitative estimate of drug-likeness (QED) is 0.399. The van der Waals surface area contributed by atoms with Crippen molar-refractivity contribution in [1.29, 1.82) is 0 Å². The maximum Gasteiger partial charge on any atom is 0.272 e. The third-order valence-corrected chi connectivity index (χ3v) is 4.86. The normalized spacial score (nSPS) is 22.8. The highest BCUT2D eigenvalue weighted by atomic mass is 127. The first-order valence-corrected chi connectivity index (χ1v) is 8.63. The Hall–Kier alpha value is -1.16. The predicted molar refractivity (Wildman–Crippen MR) is 108 cm³/mol. The van der Waals surface area contributed by atoms with E-state index in [-0.39, 0.29) is 29.4 Å². The number of hydrogen-bond acceptors (Lipinski definition) is 3. The van der Waals surface area contributed by atoms with E-state index in [1.807, 2.05) is 6.07 Å². The zero-order valence-electron chi connectivity index (χ0n) is 14.9. The first-order chi connectivity index (χ1) is 12.1. The van der Waals surface area contributed by atoms with Crippen LogP contribution in [0.15, 0.2) is 29.3 Å². The highest BCUT2D eigenvalue weighted by Crippen LogP contribution is 2.38. The van der Waals surface area contributed by atoms with Gasteiger partial charge in [0, 0.05) is 38.7 Å². The van der Waals surface area contributed by atoms with Gasteiger partial charge in [0.2, 0.25) is 0 Å². The zero-order valence-corrected chi connectivity index (χ0v) is 17.2. The highest BCUT2D eigenvalue weighted by Gasteiger charge is 2.42. The van der Waals surface area contributed by atoms with Gasteiger partial charge in [0.25, 0.3) is 6.43 Å². The second kappa shape index (κ2) is 9.68. The Morgan fingerprint density at radius 3 is 2.96 bits per heavy atom. The lowest BCUT2D eigenvalue weighted by Gasteiger charge is -2.25. The fourth-order valence-corrected chi connectivity index (χ4v) is 3.51. The molecule has 26 heavy (non-hydrogen) atoms. The molecule has 1 atom stereocenters. The number of hydrogen-bond donors (Lipinski definition) is 1. The van der Waals surface area contributed by atoms with Gasteiger partial charge in [-0.3, -0.25) is 4.99 Å². The average Bonchev–Trinajstić information content (AvgIpc) is 3.24. The van der Waals surface area contributed by atoms with Crippen LogP contribution < -0.4 is 10.1 Å². The maximum atomic E-state index is 12.3. The van der Waals surface area contributed by atoms with Gasteiger partial charge in [-0.05, 0) is 30.5 Å². The topological polar surface area (TPSA) is 46.1 Å². The van der Waals surface area contributed by atoms with E-state index < -0.39 is 13.0 Å². The van der Waals surface area contributed by atoms with Crippen LogP contribution >= 0.6 is 24.0 Å². The van der Waals surface area contributed by atoms with Crippen molar-refractivity contribution in [2.75, 3.05) is 40.0 Å². The first kappa shape index (κ1) is 21.1. The molecule has 0 amide bonds. The SMILES string of the molecule is CN=C(NCc1cccc(OCC(F)F)c1)N1CCC2(CCOC2)C1.I. The molecule has 146 valence electrons. The van der Waals surface area contributed by atoms with E-state index in [1.165, 1.54) is 0 Å². The van der Waals surface area contributed by atoms with E-state index in [0.717, 1.165) is 50.7 Å². The lowest BCUT2D eigenvalue weighted by molar-refractivity contribution is 0.0818. The van der Waals surface area contributed by atoms with Crippen molar-refractivity contribution in [1.82, 2.24) is 10.2 Å². The van der Waals surface area contributed by atoms with Crippen molar-refractivity contribution in [3.05, 3.63) is 29.8 Å². The Bertz CT molecular complexity index is 610. The molecule has 2 saturated heterocycles. The van der Waals surface area contributed by atoms with Gasteiger partial charge in [0.05, 0.1) is 6.61 Å². The maximum absolute atomic E-state index is 12.3. The molecule has 5 nitrogen and oxygen atoms in total. The third kappa shape index (κ3) is 5.42. The number of likely N-dealkylation sites (tertiary alicyclic amines) is 1. The van der Waals surface area contributed by atoms with Crippen LogP contribution in [0.2, 0.25) is 0 Å². The van der Waals surface area contributed by atoms with Crippen molar-refractivity contribution < 1.29 is 18.3 Å². The molecule has 1 N–H and O–H groups in total.